The van der Waals surface area contributed by atoms with Crippen molar-refractivity contribution in [2.24, 2.45) is 11.7 Å². The average Bonchev–Trinajstić information content (AvgIpc) is 2.28. The first-order valence-corrected chi connectivity index (χ1v) is 5.72. The number of carbonyl (C=O) groups excluding carboxylic acids is 1. The number of carbonyl (C=O) groups is 1. The van der Waals surface area contributed by atoms with Crippen molar-refractivity contribution < 1.29 is 9.18 Å². The Labute approximate surface area is 105 Å². The highest BCUT2D eigenvalue weighted by atomic mass is 19.1. The summed E-state index contributed by atoms with van der Waals surface area (Å²) in [6, 6.07) is 5.98. The third kappa shape index (κ3) is 2.59. The highest BCUT2D eigenvalue weighted by molar-refractivity contribution is 5.65. The SMILES string of the molecule is C=C(/C=C(\N)c1ccc(F)cc1)N1CC(C=O)C1. The van der Waals surface area contributed by atoms with Crippen LogP contribution in [0.2, 0.25) is 0 Å². The van der Waals surface area contributed by atoms with Crippen LogP contribution >= 0.6 is 0 Å². The summed E-state index contributed by atoms with van der Waals surface area (Å²) >= 11 is 0. The van der Waals surface area contributed by atoms with Crippen LogP contribution in [-0.2, 0) is 4.79 Å². The molecule has 0 radical (unpaired) electrons. The Kier molecular flexibility index (Phi) is 3.46. The van der Waals surface area contributed by atoms with Crippen molar-refractivity contribution in [2.75, 3.05) is 13.1 Å². The Balaban J connectivity index is 2.02. The predicted octanol–water partition coefficient (Wildman–Crippen LogP) is 1.77. The maximum atomic E-state index is 12.8. The number of hydrogen-bond donors (Lipinski definition) is 1. The van der Waals surface area contributed by atoms with E-state index in [9.17, 15) is 9.18 Å². The van der Waals surface area contributed by atoms with Gasteiger partial charge in [-0.25, -0.2) is 4.39 Å². The van der Waals surface area contributed by atoms with Gasteiger partial charge in [-0.2, -0.15) is 0 Å². The van der Waals surface area contributed by atoms with Crippen molar-refractivity contribution in [1.29, 1.82) is 0 Å². The third-order valence-corrected chi connectivity index (χ3v) is 3.01. The lowest BCUT2D eigenvalue weighted by Crippen LogP contribution is -2.45. The van der Waals surface area contributed by atoms with Crippen LogP contribution in [0.15, 0.2) is 42.6 Å². The van der Waals surface area contributed by atoms with Gasteiger partial charge in [0, 0.05) is 30.4 Å². The van der Waals surface area contributed by atoms with Crippen molar-refractivity contribution in [3.63, 3.8) is 0 Å². The van der Waals surface area contributed by atoms with Gasteiger partial charge in [-0.15, -0.1) is 0 Å². The zero-order valence-corrected chi connectivity index (χ0v) is 9.97. The van der Waals surface area contributed by atoms with Crippen LogP contribution in [0, 0.1) is 11.7 Å². The summed E-state index contributed by atoms with van der Waals surface area (Å²) in [5.41, 5.74) is 7.98. The number of rotatable bonds is 4. The molecular weight excluding hydrogens is 231 g/mol. The summed E-state index contributed by atoms with van der Waals surface area (Å²) in [6.45, 7) is 5.29. The maximum absolute atomic E-state index is 12.8. The molecule has 2 N–H and O–H groups in total. The van der Waals surface area contributed by atoms with E-state index in [0.717, 1.165) is 17.5 Å². The molecule has 1 saturated heterocycles. The molecule has 0 bridgehead atoms. The monoisotopic (exact) mass is 246 g/mol. The number of aldehydes is 1. The van der Waals surface area contributed by atoms with Crippen LogP contribution in [-0.4, -0.2) is 24.3 Å². The normalized spacial score (nSPS) is 16.3. The van der Waals surface area contributed by atoms with Crippen LogP contribution in [0.4, 0.5) is 4.39 Å². The van der Waals surface area contributed by atoms with E-state index in [4.69, 9.17) is 5.73 Å². The van der Waals surface area contributed by atoms with Gasteiger partial charge in [-0.3, -0.25) is 0 Å². The topological polar surface area (TPSA) is 46.3 Å². The Morgan fingerprint density at radius 1 is 1.39 bits per heavy atom. The standard InChI is InChI=1S/C14H15FN2O/c1-10(17-7-11(8-17)9-18)6-14(16)12-2-4-13(15)5-3-12/h2-6,9,11H,1,7-8,16H2/b14-6-. The summed E-state index contributed by atoms with van der Waals surface area (Å²) < 4.78 is 12.8. The summed E-state index contributed by atoms with van der Waals surface area (Å²) in [5.74, 6) is -0.191. The lowest BCUT2D eigenvalue weighted by molar-refractivity contribution is -0.114. The Morgan fingerprint density at radius 2 is 2.00 bits per heavy atom. The molecule has 0 unspecified atom stereocenters. The molecule has 1 fully saturated rings. The lowest BCUT2D eigenvalue weighted by Gasteiger charge is -2.38. The molecule has 0 atom stereocenters. The van der Waals surface area contributed by atoms with E-state index in [1.54, 1.807) is 18.2 Å². The van der Waals surface area contributed by atoms with E-state index in [1.165, 1.54) is 12.1 Å². The molecule has 1 aromatic carbocycles. The number of benzene rings is 1. The number of allylic oxidation sites excluding steroid dienone is 1. The van der Waals surface area contributed by atoms with Crippen molar-refractivity contribution in [3.05, 3.63) is 54.0 Å². The highest BCUT2D eigenvalue weighted by Crippen LogP contribution is 2.21. The van der Waals surface area contributed by atoms with Gasteiger partial charge in [0.1, 0.15) is 12.1 Å². The Morgan fingerprint density at radius 3 is 2.56 bits per heavy atom. The smallest absolute Gasteiger partial charge is 0.126 e. The molecule has 18 heavy (non-hydrogen) atoms. The van der Waals surface area contributed by atoms with Gasteiger partial charge < -0.3 is 15.4 Å². The second kappa shape index (κ2) is 5.04. The van der Waals surface area contributed by atoms with Gasteiger partial charge in [-0.05, 0) is 23.8 Å². The van der Waals surface area contributed by atoms with E-state index in [2.05, 4.69) is 6.58 Å². The van der Waals surface area contributed by atoms with E-state index >= 15 is 0 Å². The van der Waals surface area contributed by atoms with E-state index in [0.29, 0.717) is 18.8 Å². The fraction of sp³-hybridized carbons (Fsp3) is 0.214. The molecule has 0 aromatic heterocycles. The summed E-state index contributed by atoms with van der Waals surface area (Å²) in [5, 5.41) is 0. The summed E-state index contributed by atoms with van der Waals surface area (Å²) in [7, 11) is 0. The van der Waals surface area contributed by atoms with Gasteiger partial charge >= 0.3 is 0 Å². The lowest BCUT2D eigenvalue weighted by atomic mass is 10.0. The first-order valence-electron chi connectivity index (χ1n) is 5.72. The van der Waals surface area contributed by atoms with Crippen LogP contribution in [0.5, 0.6) is 0 Å². The first kappa shape index (κ1) is 12.4. The second-order valence-corrected chi connectivity index (χ2v) is 4.40. The van der Waals surface area contributed by atoms with Crippen LogP contribution in [0.25, 0.3) is 5.70 Å². The zero-order chi connectivity index (χ0) is 13.1. The van der Waals surface area contributed by atoms with Crippen LogP contribution < -0.4 is 5.73 Å². The van der Waals surface area contributed by atoms with E-state index in [1.807, 2.05) is 4.90 Å². The Hall–Kier alpha value is -2.10. The second-order valence-electron chi connectivity index (χ2n) is 4.40. The van der Waals surface area contributed by atoms with Crippen molar-refractivity contribution in [3.8, 4) is 0 Å². The van der Waals surface area contributed by atoms with Gasteiger partial charge in [0.25, 0.3) is 0 Å². The molecule has 1 aliphatic rings. The number of hydrogen-bond acceptors (Lipinski definition) is 3. The number of likely N-dealkylation sites (tertiary alicyclic amines) is 1. The molecule has 0 saturated carbocycles. The zero-order valence-electron chi connectivity index (χ0n) is 9.97. The third-order valence-electron chi connectivity index (χ3n) is 3.01. The minimum absolute atomic E-state index is 0.0993. The van der Waals surface area contributed by atoms with Gasteiger partial charge in [0.05, 0.1) is 0 Å². The fourth-order valence-corrected chi connectivity index (χ4v) is 1.83. The average molecular weight is 246 g/mol. The quantitative estimate of drug-likeness (QED) is 0.650. The predicted molar refractivity (Wildman–Crippen MR) is 68.8 cm³/mol. The van der Waals surface area contributed by atoms with Crippen molar-refractivity contribution in [1.82, 2.24) is 4.90 Å². The molecule has 2 rings (SSSR count). The molecule has 1 heterocycles. The molecule has 0 amide bonds. The van der Waals surface area contributed by atoms with Gasteiger partial charge in [-0.1, -0.05) is 18.7 Å². The number of halogens is 1. The molecular formula is C14H15FN2O. The van der Waals surface area contributed by atoms with E-state index in [-0.39, 0.29) is 11.7 Å². The molecule has 3 nitrogen and oxygen atoms in total. The number of nitrogens with two attached hydrogens (primary N) is 1. The summed E-state index contributed by atoms with van der Waals surface area (Å²) in [6.07, 6.45) is 2.70. The van der Waals surface area contributed by atoms with Crippen molar-refractivity contribution >= 4 is 12.0 Å². The minimum atomic E-state index is -0.290. The minimum Gasteiger partial charge on any atom is -0.398 e. The molecule has 4 heteroatoms. The number of nitrogens with zero attached hydrogens (tertiary/aromatic N) is 1. The first-order chi connectivity index (χ1) is 8.60. The molecule has 94 valence electrons. The molecule has 1 aliphatic heterocycles. The molecule has 0 spiro atoms. The van der Waals surface area contributed by atoms with E-state index < -0.39 is 0 Å². The highest BCUT2D eigenvalue weighted by Gasteiger charge is 2.26. The maximum Gasteiger partial charge on any atom is 0.126 e. The van der Waals surface area contributed by atoms with Gasteiger partial charge in [0.2, 0.25) is 0 Å². The Bertz CT molecular complexity index is 487. The molecule has 0 aliphatic carbocycles. The largest absolute Gasteiger partial charge is 0.398 e. The summed E-state index contributed by atoms with van der Waals surface area (Å²) in [4.78, 5) is 12.5. The van der Waals surface area contributed by atoms with Crippen molar-refractivity contribution in [2.45, 2.75) is 0 Å². The van der Waals surface area contributed by atoms with Crippen LogP contribution in [0.3, 0.4) is 0 Å². The molecule has 1 aromatic rings. The van der Waals surface area contributed by atoms with Crippen LogP contribution in [0.1, 0.15) is 5.56 Å². The van der Waals surface area contributed by atoms with Gasteiger partial charge in [0.15, 0.2) is 0 Å². The fourth-order valence-electron chi connectivity index (χ4n) is 1.83.